The molecular weight excluding hydrogens is 358 g/mol. The summed E-state index contributed by atoms with van der Waals surface area (Å²) in [5.74, 6) is -1.57. The minimum absolute atomic E-state index is 0.0375. The molecule has 0 aromatic carbocycles. The third-order valence-electron chi connectivity index (χ3n) is 3.45. The number of amides is 1. The highest BCUT2D eigenvalue weighted by Crippen LogP contribution is 2.19. The Morgan fingerprint density at radius 1 is 1.12 bits per heavy atom. The lowest BCUT2D eigenvalue weighted by molar-refractivity contribution is -0.137. The van der Waals surface area contributed by atoms with E-state index in [1.165, 1.54) is 0 Å². The smallest absolute Gasteiger partial charge is 0.303 e. The molecule has 0 bridgehead atoms. The van der Waals surface area contributed by atoms with Gasteiger partial charge in [0.1, 0.15) is 0 Å². The number of Topliss-reactive ketones (excluding diaryl/α,β-unsaturated/α-hetero) is 1. The van der Waals surface area contributed by atoms with Gasteiger partial charge in [0.25, 0.3) is 0 Å². The van der Waals surface area contributed by atoms with E-state index in [4.69, 9.17) is 10.8 Å². The lowest BCUT2D eigenvalue weighted by Gasteiger charge is -2.27. The first-order valence-corrected chi connectivity index (χ1v) is 9.55. The van der Waals surface area contributed by atoms with Gasteiger partial charge < -0.3 is 21.5 Å². The summed E-state index contributed by atoms with van der Waals surface area (Å²) in [6, 6.07) is -1.63. The van der Waals surface area contributed by atoms with Crippen LogP contribution < -0.4 is 16.4 Å². The molecule has 0 unspecified atom stereocenters. The van der Waals surface area contributed by atoms with E-state index in [0.717, 1.165) is 11.8 Å². The summed E-state index contributed by atoms with van der Waals surface area (Å²) in [6.45, 7) is 8.74. The lowest BCUT2D eigenvalue weighted by Crippen LogP contribution is -2.54. The van der Waals surface area contributed by atoms with Crippen molar-refractivity contribution in [3.63, 3.8) is 0 Å². The monoisotopic (exact) mass is 389 g/mol. The molecule has 0 rings (SSSR count). The van der Waals surface area contributed by atoms with Crippen molar-refractivity contribution in [1.29, 1.82) is 0 Å². The highest BCUT2D eigenvalue weighted by atomic mass is 32.2. The average Bonchev–Trinajstić information content (AvgIpc) is 2.52. The summed E-state index contributed by atoms with van der Waals surface area (Å²) >= 11 is 0.901. The summed E-state index contributed by atoms with van der Waals surface area (Å²) in [4.78, 5) is 47.5. The molecule has 8 nitrogen and oxygen atoms in total. The number of carbonyl (C=O) groups excluding carboxylic acids is 3. The highest BCUT2D eigenvalue weighted by molar-refractivity contribution is 8.13. The fourth-order valence-electron chi connectivity index (χ4n) is 2.17. The Morgan fingerprint density at radius 3 is 2.12 bits per heavy atom. The lowest BCUT2D eigenvalue weighted by atomic mass is 9.87. The second kappa shape index (κ2) is 11.3. The van der Waals surface area contributed by atoms with E-state index >= 15 is 0 Å². The number of nitrogens with two attached hydrogens (primary N) is 1. The summed E-state index contributed by atoms with van der Waals surface area (Å²) in [5.41, 5.74) is 4.58. The van der Waals surface area contributed by atoms with Crippen molar-refractivity contribution in [2.75, 3.05) is 12.3 Å². The second-order valence-corrected chi connectivity index (χ2v) is 8.45. The number of hydrogen-bond donors (Lipinski definition) is 4. The van der Waals surface area contributed by atoms with Gasteiger partial charge in [-0.3, -0.25) is 19.2 Å². The molecule has 0 aromatic heterocycles. The van der Waals surface area contributed by atoms with Crippen molar-refractivity contribution in [2.45, 2.75) is 65.6 Å². The molecule has 0 saturated heterocycles. The zero-order chi connectivity index (χ0) is 20.5. The maximum absolute atomic E-state index is 12.6. The van der Waals surface area contributed by atoms with Gasteiger partial charge in [0.15, 0.2) is 5.78 Å². The molecule has 150 valence electrons. The molecular formula is C17H31N3O5S. The molecule has 0 aliphatic carbocycles. The van der Waals surface area contributed by atoms with Gasteiger partial charge >= 0.3 is 5.97 Å². The third-order valence-corrected chi connectivity index (χ3v) is 4.44. The minimum atomic E-state index is -1.00. The zero-order valence-corrected chi connectivity index (χ0v) is 16.9. The maximum atomic E-state index is 12.6. The van der Waals surface area contributed by atoms with Crippen molar-refractivity contribution in [3.8, 4) is 0 Å². The van der Waals surface area contributed by atoms with Crippen LogP contribution in [-0.2, 0) is 19.2 Å². The van der Waals surface area contributed by atoms with Gasteiger partial charge in [-0.15, -0.1) is 0 Å². The van der Waals surface area contributed by atoms with Gasteiger partial charge in [-0.05, 0) is 6.42 Å². The first-order chi connectivity index (χ1) is 11.9. The fourth-order valence-corrected chi connectivity index (χ4v) is 2.88. The van der Waals surface area contributed by atoms with Crippen LogP contribution in [0.15, 0.2) is 0 Å². The van der Waals surface area contributed by atoms with Gasteiger partial charge in [0, 0.05) is 23.6 Å². The molecule has 9 heteroatoms. The summed E-state index contributed by atoms with van der Waals surface area (Å²) in [7, 11) is 0. The Balaban J connectivity index is 5.21. The van der Waals surface area contributed by atoms with Crippen LogP contribution in [-0.4, -0.2) is 58.3 Å². The van der Waals surface area contributed by atoms with Crippen LogP contribution in [0.5, 0.6) is 0 Å². The number of carboxylic acid groups (broad SMARTS) is 1. The van der Waals surface area contributed by atoms with E-state index in [0.29, 0.717) is 0 Å². The number of ketones is 1. The van der Waals surface area contributed by atoms with Crippen LogP contribution >= 0.6 is 11.8 Å². The molecule has 2 atom stereocenters. The van der Waals surface area contributed by atoms with E-state index in [-0.39, 0.29) is 42.1 Å². The largest absolute Gasteiger partial charge is 0.481 e. The van der Waals surface area contributed by atoms with Gasteiger partial charge in [0.2, 0.25) is 11.0 Å². The van der Waals surface area contributed by atoms with Crippen molar-refractivity contribution in [3.05, 3.63) is 0 Å². The summed E-state index contributed by atoms with van der Waals surface area (Å²) in [6.07, 6.45) is -0.0687. The third kappa shape index (κ3) is 9.88. The van der Waals surface area contributed by atoms with Crippen molar-refractivity contribution < 1.29 is 24.3 Å². The van der Waals surface area contributed by atoms with E-state index in [2.05, 4.69) is 10.6 Å². The van der Waals surface area contributed by atoms with Crippen LogP contribution in [0.2, 0.25) is 0 Å². The van der Waals surface area contributed by atoms with Crippen molar-refractivity contribution >= 4 is 34.5 Å². The normalized spacial score (nSPS) is 14.0. The zero-order valence-electron chi connectivity index (χ0n) is 16.1. The fraction of sp³-hybridized carbons (Fsp3) is 0.765. The van der Waals surface area contributed by atoms with Crippen LogP contribution in [0.3, 0.4) is 0 Å². The van der Waals surface area contributed by atoms with E-state index < -0.39 is 29.4 Å². The van der Waals surface area contributed by atoms with Gasteiger partial charge in [-0.25, -0.2) is 0 Å². The number of thioether (sulfide) groups is 1. The number of carboxylic acids is 1. The predicted octanol–water partition coefficient (Wildman–Crippen LogP) is 0.536. The molecule has 0 spiro atoms. The Kier molecular flexibility index (Phi) is 10.7. The Labute approximate surface area is 159 Å². The van der Waals surface area contributed by atoms with E-state index in [1.54, 1.807) is 20.8 Å². The van der Waals surface area contributed by atoms with E-state index in [1.807, 2.05) is 13.8 Å². The molecule has 26 heavy (non-hydrogen) atoms. The summed E-state index contributed by atoms with van der Waals surface area (Å²) < 4.78 is 0. The Hall–Kier alpha value is -1.45. The topological polar surface area (TPSA) is 139 Å². The first kappa shape index (κ1) is 24.6. The summed E-state index contributed by atoms with van der Waals surface area (Å²) in [5, 5.41) is 14.3. The molecule has 5 N–H and O–H groups in total. The van der Waals surface area contributed by atoms with Crippen LogP contribution in [0, 0.1) is 5.41 Å². The second-order valence-electron chi connectivity index (χ2n) is 7.37. The maximum Gasteiger partial charge on any atom is 0.303 e. The molecule has 0 radical (unpaired) electrons. The number of rotatable bonds is 11. The quantitative estimate of drug-likeness (QED) is 0.401. The van der Waals surface area contributed by atoms with Gasteiger partial charge in [-0.2, -0.15) is 0 Å². The van der Waals surface area contributed by atoms with Gasteiger partial charge in [0.05, 0.1) is 18.6 Å². The SMILES string of the molecule is CC(C)N[C@@H](CCC(=O)O)C(=O)N[C@@H](CSC(=O)CN)C(=O)C(C)(C)C. The van der Waals surface area contributed by atoms with Crippen LogP contribution in [0.4, 0.5) is 0 Å². The molecule has 0 heterocycles. The number of nitrogens with one attached hydrogen (secondary N) is 2. The molecule has 0 saturated carbocycles. The first-order valence-electron chi connectivity index (χ1n) is 8.56. The molecule has 0 aliphatic heterocycles. The van der Waals surface area contributed by atoms with Crippen molar-refractivity contribution in [1.82, 2.24) is 10.6 Å². The molecule has 1 amide bonds. The standard InChI is InChI=1S/C17H31N3O5S/c1-10(2)19-11(6-7-13(21)22)16(25)20-12(9-26-14(23)8-18)15(24)17(3,4)5/h10-12,19H,6-9,18H2,1-5H3,(H,20,25)(H,21,22)/t11-,12-/m0/s1. The van der Waals surface area contributed by atoms with E-state index in [9.17, 15) is 19.2 Å². The number of hydrogen-bond acceptors (Lipinski definition) is 7. The van der Waals surface area contributed by atoms with Crippen LogP contribution in [0.1, 0.15) is 47.5 Å². The Morgan fingerprint density at radius 2 is 1.69 bits per heavy atom. The van der Waals surface area contributed by atoms with Crippen molar-refractivity contribution in [2.24, 2.45) is 11.1 Å². The Bertz CT molecular complexity index is 517. The highest BCUT2D eigenvalue weighted by Gasteiger charge is 2.33. The molecule has 0 aromatic rings. The van der Waals surface area contributed by atoms with Gasteiger partial charge in [-0.1, -0.05) is 46.4 Å². The predicted molar refractivity (Wildman–Crippen MR) is 102 cm³/mol. The average molecular weight is 390 g/mol. The van der Waals surface area contributed by atoms with Crippen LogP contribution in [0.25, 0.3) is 0 Å². The minimum Gasteiger partial charge on any atom is -0.481 e. The number of aliphatic carboxylic acids is 1. The molecule has 0 aliphatic rings. The number of carbonyl (C=O) groups is 4. The molecule has 0 fully saturated rings.